The van der Waals surface area contributed by atoms with Crippen molar-refractivity contribution in [2.75, 3.05) is 0 Å². The van der Waals surface area contributed by atoms with Gasteiger partial charge in [0.15, 0.2) is 5.78 Å². The zero-order valence-electron chi connectivity index (χ0n) is 11.7. The van der Waals surface area contributed by atoms with Gasteiger partial charge in [-0.05, 0) is 31.9 Å². The van der Waals surface area contributed by atoms with Crippen LogP contribution in [0.1, 0.15) is 49.5 Å². The molecule has 1 aliphatic rings. The number of rotatable bonds is 4. The first kappa shape index (κ1) is 13.6. The van der Waals surface area contributed by atoms with Gasteiger partial charge in [0.25, 0.3) is 0 Å². The molecular weight excluding hydrogens is 238 g/mol. The molecule has 3 heteroatoms. The Bertz CT molecular complexity index is 540. The van der Waals surface area contributed by atoms with E-state index < -0.39 is 0 Å². The van der Waals surface area contributed by atoms with Gasteiger partial charge in [-0.2, -0.15) is 5.26 Å². The first-order valence-electron chi connectivity index (χ1n) is 6.70. The number of carbonyl (C=O) groups is 1. The highest BCUT2D eigenvalue weighted by Gasteiger charge is 2.34. The Kier molecular flexibility index (Phi) is 3.61. The Morgan fingerprint density at radius 1 is 1.53 bits per heavy atom. The molecule has 0 saturated carbocycles. The van der Waals surface area contributed by atoms with Crippen LogP contribution in [0.2, 0.25) is 0 Å². The van der Waals surface area contributed by atoms with Gasteiger partial charge in [-0.1, -0.05) is 19.1 Å². The molecular formula is C16H19NO2. The Hall–Kier alpha value is -1.82. The summed E-state index contributed by atoms with van der Waals surface area (Å²) in [6.07, 6.45) is 1.76. The molecule has 0 aliphatic carbocycles. The molecule has 0 N–H and O–H groups in total. The van der Waals surface area contributed by atoms with E-state index in [1.165, 1.54) is 0 Å². The zero-order valence-corrected chi connectivity index (χ0v) is 11.7. The Morgan fingerprint density at radius 3 is 2.89 bits per heavy atom. The molecule has 1 unspecified atom stereocenters. The van der Waals surface area contributed by atoms with Crippen molar-refractivity contribution in [1.29, 1.82) is 5.26 Å². The van der Waals surface area contributed by atoms with E-state index in [4.69, 9.17) is 10.00 Å². The molecule has 0 spiro atoms. The summed E-state index contributed by atoms with van der Waals surface area (Å²) in [5, 5.41) is 8.81. The normalized spacial score (nSPS) is 17.2. The highest BCUT2D eigenvalue weighted by atomic mass is 16.5. The van der Waals surface area contributed by atoms with Gasteiger partial charge < -0.3 is 4.74 Å². The van der Waals surface area contributed by atoms with Gasteiger partial charge in [0.05, 0.1) is 11.6 Å². The number of hydrogen-bond donors (Lipinski definition) is 0. The topological polar surface area (TPSA) is 50.1 Å². The minimum atomic E-state index is -0.254. The summed E-state index contributed by atoms with van der Waals surface area (Å²) in [5.74, 6) is 0.510. The summed E-state index contributed by atoms with van der Waals surface area (Å²) in [5.41, 5.74) is 1.46. The lowest BCUT2D eigenvalue weighted by molar-refractivity contribution is 0.0905. The van der Waals surface area contributed by atoms with Crippen molar-refractivity contribution in [3.63, 3.8) is 0 Å². The van der Waals surface area contributed by atoms with Gasteiger partial charge in [0.2, 0.25) is 0 Å². The van der Waals surface area contributed by atoms with Crippen LogP contribution in [0.5, 0.6) is 5.75 Å². The summed E-state index contributed by atoms with van der Waals surface area (Å²) in [6.45, 7) is 5.98. The first-order valence-corrected chi connectivity index (χ1v) is 6.70. The maximum Gasteiger partial charge on any atom is 0.170 e. The average Bonchev–Trinajstić information content (AvgIpc) is 2.68. The molecule has 0 radical (unpaired) electrons. The number of fused-ring (bicyclic) bond motifs is 1. The van der Waals surface area contributed by atoms with Gasteiger partial charge in [-0.3, -0.25) is 4.79 Å². The number of carbonyl (C=O) groups excluding carboxylic acids is 1. The molecule has 19 heavy (non-hydrogen) atoms. The van der Waals surface area contributed by atoms with Crippen LogP contribution in [0.15, 0.2) is 18.2 Å². The molecule has 3 nitrogen and oxygen atoms in total. The predicted octanol–water partition coefficient (Wildman–Crippen LogP) is 3.52. The van der Waals surface area contributed by atoms with Crippen LogP contribution in [-0.2, 0) is 6.42 Å². The van der Waals surface area contributed by atoms with Crippen molar-refractivity contribution >= 4 is 5.78 Å². The zero-order chi connectivity index (χ0) is 14.0. The standard InChI is InChI=1S/C16H19NO2/c1-4-11(8-9-17)14(18)13-7-5-6-12-10-16(2,3)19-15(12)13/h5-7,11H,4,8,10H2,1-3H3. The smallest absolute Gasteiger partial charge is 0.170 e. The SMILES string of the molecule is CCC(CC#N)C(=O)c1cccc2c1OC(C)(C)C2. The Morgan fingerprint density at radius 2 is 2.26 bits per heavy atom. The van der Waals surface area contributed by atoms with Crippen LogP contribution in [0.25, 0.3) is 0 Å². The Balaban J connectivity index is 2.36. The van der Waals surface area contributed by atoms with E-state index in [-0.39, 0.29) is 23.7 Å². The molecule has 2 rings (SSSR count). The molecule has 1 aliphatic heterocycles. The van der Waals surface area contributed by atoms with Crippen molar-refractivity contribution in [2.45, 2.75) is 45.6 Å². The fourth-order valence-electron chi connectivity index (χ4n) is 2.56. The summed E-state index contributed by atoms with van der Waals surface area (Å²) >= 11 is 0. The summed E-state index contributed by atoms with van der Waals surface area (Å²) in [6, 6.07) is 7.80. The second-order valence-electron chi connectivity index (χ2n) is 5.66. The third-order valence-corrected chi connectivity index (χ3v) is 3.56. The van der Waals surface area contributed by atoms with Crippen molar-refractivity contribution in [3.05, 3.63) is 29.3 Å². The molecule has 0 amide bonds. The average molecular weight is 257 g/mol. The second-order valence-corrected chi connectivity index (χ2v) is 5.66. The van der Waals surface area contributed by atoms with Crippen LogP contribution in [0.3, 0.4) is 0 Å². The molecule has 1 aromatic rings. The van der Waals surface area contributed by atoms with Crippen molar-refractivity contribution in [2.24, 2.45) is 5.92 Å². The van der Waals surface area contributed by atoms with E-state index in [1.807, 2.05) is 39.0 Å². The van der Waals surface area contributed by atoms with Crippen molar-refractivity contribution in [1.82, 2.24) is 0 Å². The highest BCUT2D eigenvalue weighted by molar-refractivity contribution is 6.01. The third kappa shape index (κ3) is 2.63. The van der Waals surface area contributed by atoms with Crippen LogP contribution < -0.4 is 4.74 Å². The minimum absolute atomic E-state index is 0.0265. The van der Waals surface area contributed by atoms with Crippen LogP contribution in [0.4, 0.5) is 0 Å². The number of nitrogens with zero attached hydrogens (tertiary/aromatic N) is 1. The van der Waals surface area contributed by atoms with Crippen molar-refractivity contribution in [3.8, 4) is 11.8 Å². The lowest BCUT2D eigenvalue weighted by Crippen LogP contribution is -2.25. The van der Waals surface area contributed by atoms with Gasteiger partial charge in [-0.15, -0.1) is 0 Å². The monoisotopic (exact) mass is 257 g/mol. The fourth-order valence-corrected chi connectivity index (χ4v) is 2.56. The first-order chi connectivity index (χ1) is 8.98. The van der Waals surface area contributed by atoms with Crippen LogP contribution in [-0.4, -0.2) is 11.4 Å². The van der Waals surface area contributed by atoms with E-state index in [0.717, 1.165) is 12.0 Å². The van der Waals surface area contributed by atoms with E-state index in [0.29, 0.717) is 17.7 Å². The van der Waals surface area contributed by atoms with E-state index in [1.54, 1.807) is 0 Å². The van der Waals surface area contributed by atoms with E-state index in [9.17, 15) is 4.79 Å². The van der Waals surface area contributed by atoms with Gasteiger partial charge in [0, 0.05) is 18.8 Å². The quantitative estimate of drug-likeness (QED) is 0.775. The second kappa shape index (κ2) is 5.05. The summed E-state index contributed by atoms with van der Waals surface area (Å²) < 4.78 is 5.92. The maximum absolute atomic E-state index is 12.5. The Labute approximate surface area is 114 Å². The molecule has 0 saturated heterocycles. The number of para-hydroxylation sites is 1. The molecule has 0 aromatic heterocycles. The summed E-state index contributed by atoms with van der Waals surface area (Å²) in [4.78, 5) is 12.5. The van der Waals surface area contributed by atoms with Gasteiger partial charge >= 0.3 is 0 Å². The number of ketones is 1. The third-order valence-electron chi connectivity index (χ3n) is 3.56. The van der Waals surface area contributed by atoms with E-state index >= 15 is 0 Å². The van der Waals surface area contributed by atoms with Crippen molar-refractivity contribution < 1.29 is 9.53 Å². The largest absolute Gasteiger partial charge is 0.486 e. The lowest BCUT2D eigenvalue weighted by Gasteiger charge is -2.19. The molecule has 1 heterocycles. The number of Topliss-reactive ketones (excluding diaryl/α,β-unsaturated/α-hetero) is 1. The van der Waals surface area contributed by atoms with Crippen LogP contribution in [0, 0.1) is 17.2 Å². The van der Waals surface area contributed by atoms with Gasteiger partial charge in [0.1, 0.15) is 11.4 Å². The van der Waals surface area contributed by atoms with Crippen LogP contribution >= 0.6 is 0 Å². The number of hydrogen-bond acceptors (Lipinski definition) is 3. The molecule has 1 atom stereocenters. The summed E-state index contributed by atoms with van der Waals surface area (Å²) in [7, 11) is 0. The highest BCUT2D eigenvalue weighted by Crippen LogP contribution is 2.38. The molecule has 100 valence electrons. The predicted molar refractivity (Wildman–Crippen MR) is 73.2 cm³/mol. The molecule has 0 fully saturated rings. The molecule has 1 aromatic carbocycles. The van der Waals surface area contributed by atoms with E-state index in [2.05, 4.69) is 6.07 Å². The lowest BCUT2D eigenvalue weighted by atomic mass is 9.91. The minimum Gasteiger partial charge on any atom is -0.486 e. The maximum atomic E-state index is 12.5. The number of ether oxygens (including phenoxy) is 1. The number of benzene rings is 1. The van der Waals surface area contributed by atoms with Gasteiger partial charge in [-0.25, -0.2) is 0 Å². The fraction of sp³-hybridized carbons (Fsp3) is 0.500. The molecule has 0 bridgehead atoms. The number of nitriles is 1.